The molecule has 5 heteroatoms. The van der Waals surface area contributed by atoms with E-state index in [1.54, 1.807) is 0 Å². The lowest BCUT2D eigenvalue weighted by Crippen LogP contribution is -2.52. The number of fused-ring (bicyclic) bond motifs is 2. The molecule has 3 aliphatic heterocycles. The summed E-state index contributed by atoms with van der Waals surface area (Å²) in [5.41, 5.74) is 0. The third-order valence-electron chi connectivity index (χ3n) is 4.07. The molecule has 2 amide bonds. The summed E-state index contributed by atoms with van der Waals surface area (Å²) in [7, 11) is 0. The molecule has 2 bridgehead atoms. The van der Waals surface area contributed by atoms with Gasteiger partial charge in [0.2, 0.25) is 11.8 Å². The third-order valence-corrected chi connectivity index (χ3v) is 4.07. The third kappa shape index (κ3) is 1.46. The summed E-state index contributed by atoms with van der Waals surface area (Å²) >= 11 is 0. The smallest absolute Gasteiger partial charge is 0.244 e. The van der Waals surface area contributed by atoms with E-state index in [1.807, 2.05) is 0 Å². The average molecular weight is 224 g/mol. The highest BCUT2D eigenvalue weighted by Crippen LogP contribution is 2.38. The van der Waals surface area contributed by atoms with Gasteiger partial charge in [-0.1, -0.05) is 0 Å². The van der Waals surface area contributed by atoms with Gasteiger partial charge in [0.05, 0.1) is 18.6 Å². The summed E-state index contributed by atoms with van der Waals surface area (Å²) < 4.78 is 0. The van der Waals surface area contributed by atoms with E-state index in [9.17, 15) is 14.7 Å². The standard InChI is InChI=1S/C11H16N2O3/c14-8-3-6-1-2-7(4-8)13(6)9-5-10(15)12-11(9)16/h6-9,14H,1-5H2,(H,12,15,16). The molecule has 5 nitrogen and oxygen atoms in total. The van der Waals surface area contributed by atoms with Crippen molar-refractivity contribution in [1.29, 1.82) is 0 Å². The van der Waals surface area contributed by atoms with Crippen LogP contribution in [0.3, 0.4) is 0 Å². The Labute approximate surface area is 93.8 Å². The van der Waals surface area contributed by atoms with Gasteiger partial charge in [0.15, 0.2) is 0 Å². The summed E-state index contributed by atoms with van der Waals surface area (Å²) in [6.07, 6.45) is 3.64. The van der Waals surface area contributed by atoms with E-state index in [4.69, 9.17) is 0 Å². The maximum Gasteiger partial charge on any atom is 0.244 e. The molecule has 0 aromatic rings. The molecule has 3 aliphatic rings. The Morgan fingerprint density at radius 1 is 1.19 bits per heavy atom. The molecule has 3 fully saturated rings. The van der Waals surface area contributed by atoms with Gasteiger partial charge in [-0.15, -0.1) is 0 Å². The van der Waals surface area contributed by atoms with Crippen LogP contribution in [0.2, 0.25) is 0 Å². The SMILES string of the molecule is O=C1CC(N2C3CCC2CC(O)C3)C(=O)N1. The van der Waals surface area contributed by atoms with Gasteiger partial charge in [-0.25, -0.2) is 0 Å². The van der Waals surface area contributed by atoms with E-state index in [-0.39, 0.29) is 36.0 Å². The van der Waals surface area contributed by atoms with Crippen molar-refractivity contribution in [3.8, 4) is 0 Å². The number of nitrogens with zero attached hydrogens (tertiary/aromatic N) is 1. The highest BCUT2D eigenvalue weighted by molar-refractivity contribution is 6.05. The Morgan fingerprint density at radius 2 is 1.81 bits per heavy atom. The van der Waals surface area contributed by atoms with Crippen LogP contribution in [0.4, 0.5) is 0 Å². The second kappa shape index (κ2) is 3.53. The van der Waals surface area contributed by atoms with E-state index >= 15 is 0 Å². The van der Waals surface area contributed by atoms with Crippen LogP contribution in [0.1, 0.15) is 32.1 Å². The van der Waals surface area contributed by atoms with Gasteiger partial charge in [-0.3, -0.25) is 19.8 Å². The van der Waals surface area contributed by atoms with E-state index in [2.05, 4.69) is 10.2 Å². The highest BCUT2D eigenvalue weighted by Gasteiger charge is 2.48. The first kappa shape index (κ1) is 10.2. The first-order valence-corrected chi connectivity index (χ1v) is 5.94. The number of aliphatic hydroxyl groups excluding tert-OH is 1. The Bertz CT molecular complexity index is 330. The highest BCUT2D eigenvalue weighted by atomic mass is 16.3. The fourth-order valence-electron chi connectivity index (χ4n) is 3.47. The van der Waals surface area contributed by atoms with Crippen LogP contribution in [0.15, 0.2) is 0 Å². The van der Waals surface area contributed by atoms with Crippen LogP contribution in [-0.4, -0.2) is 46.1 Å². The number of amides is 2. The molecule has 0 aromatic carbocycles. The van der Waals surface area contributed by atoms with Gasteiger partial charge >= 0.3 is 0 Å². The van der Waals surface area contributed by atoms with Crippen LogP contribution in [-0.2, 0) is 9.59 Å². The molecular weight excluding hydrogens is 208 g/mol. The molecule has 0 spiro atoms. The molecule has 16 heavy (non-hydrogen) atoms. The van der Waals surface area contributed by atoms with E-state index in [1.165, 1.54) is 0 Å². The Hall–Kier alpha value is -0.940. The number of hydrogen-bond acceptors (Lipinski definition) is 4. The molecule has 0 aliphatic carbocycles. The number of aliphatic hydroxyl groups is 1. The van der Waals surface area contributed by atoms with Crippen molar-refractivity contribution < 1.29 is 14.7 Å². The Balaban J connectivity index is 1.81. The number of rotatable bonds is 1. The molecule has 2 N–H and O–H groups in total. The van der Waals surface area contributed by atoms with Crippen molar-refractivity contribution in [1.82, 2.24) is 10.2 Å². The van der Waals surface area contributed by atoms with Crippen LogP contribution in [0, 0.1) is 0 Å². The minimum atomic E-state index is -0.280. The number of carbonyl (C=O) groups excluding carboxylic acids is 2. The van der Waals surface area contributed by atoms with Gasteiger partial charge in [-0.2, -0.15) is 0 Å². The zero-order valence-corrected chi connectivity index (χ0v) is 9.06. The zero-order valence-electron chi connectivity index (χ0n) is 9.06. The second-order valence-corrected chi connectivity index (χ2v) is 5.09. The lowest BCUT2D eigenvalue weighted by molar-refractivity contribution is -0.127. The van der Waals surface area contributed by atoms with Crippen molar-refractivity contribution in [3.63, 3.8) is 0 Å². The largest absolute Gasteiger partial charge is 0.393 e. The summed E-state index contributed by atoms with van der Waals surface area (Å²) in [5.74, 6) is -0.321. The average Bonchev–Trinajstić information content (AvgIpc) is 2.65. The normalized spacial score (nSPS) is 43.8. The minimum absolute atomic E-state index is 0.154. The van der Waals surface area contributed by atoms with Gasteiger partial charge in [0.25, 0.3) is 0 Å². The number of piperidine rings is 1. The molecule has 3 atom stereocenters. The molecule has 88 valence electrons. The first-order chi connectivity index (χ1) is 7.65. The topological polar surface area (TPSA) is 69.6 Å². The lowest BCUT2D eigenvalue weighted by atomic mass is 9.97. The van der Waals surface area contributed by atoms with Crippen molar-refractivity contribution in [2.75, 3.05) is 0 Å². The number of hydrogen-bond donors (Lipinski definition) is 2. The summed E-state index contributed by atoms with van der Waals surface area (Å²) in [6, 6.07) is 0.295. The predicted octanol–water partition coefficient (Wildman–Crippen LogP) is -0.611. The molecule has 3 unspecified atom stereocenters. The van der Waals surface area contributed by atoms with Gasteiger partial charge in [0, 0.05) is 12.1 Å². The quantitative estimate of drug-likeness (QED) is 0.583. The van der Waals surface area contributed by atoms with Crippen LogP contribution < -0.4 is 5.32 Å². The van der Waals surface area contributed by atoms with Gasteiger partial charge in [-0.05, 0) is 25.7 Å². The lowest BCUT2D eigenvalue weighted by Gasteiger charge is -2.39. The molecular formula is C11H16N2O3. The molecule has 0 radical (unpaired) electrons. The fraction of sp³-hybridized carbons (Fsp3) is 0.818. The maximum absolute atomic E-state index is 11.6. The Morgan fingerprint density at radius 3 is 2.31 bits per heavy atom. The van der Waals surface area contributed by atoms with Crippen molar-refractivity contribution in [2.45, 2.75) is 56.3 Å². The first-order valence-electron chi connectivity index (χ1n) is 5.94. The molecule has 3 heterocycles. The second-order valence-electron chi connectivity index (χ2n) is 5.09. The summed E-state index contributed by atoms with van der Waals surface area (Å²) in [5, 5.41) is 12.0. The summed E-state index contributed by atoms with van der Waals surface area (Å²) in [4.78, 5) is 25.0. The van der Waals surface area contributed by atoms with E-state index in [0.29, 0.717) is 6.42 Å². The molecule has 0 aromatic heterocycles. The molecule has 3 rings (SSSR count). The van der Waals surface area contributed by atoms with Crippen molar-refractivity contribution in [3.05, 3.63) is 0 Å². The number of carbonyl (C=O) groups is 2. The molecule has 3 saturated heterocycles. The van der Waals surface area contributed by atoms with Crippen molar-refractivity contribution >= 4 is 11.8 Å². The Kier molecular flexibility index (Phi) is 2.26. The predicted molar refractivity (Wildman–Crippen MR) is 55.4 cm³/mol. The van der Waals surface area contributed by atoms with Crippen molar-refractivity contribution in [2.24, 2.45) is 0 Å². The molecule has 0 saturated carbocycles. The fourth-order valence-corrected chi connectivity index (χ4v) is 3.47. The maximum atomic E-state index is 11.6. The van der Waals surface area contributed by atoms with E-state index in [0.717, 1.165) is 25.7 Å². The number of imide groups is 1. The van der Waals surface area contributed by atoms with E-state index < -0.39 is 0 Å². The summed E-state index contributed by atoms with van der Waals surface area (Å²) in [6.45, 7) is 0. The van der Waals surface area contributed by atoms with Crippen LogP contribution >= 0.6 is 0 Å². The minimum Gasteiger partial charge on any atom is -0.393 e. The van der Waals surface area contributed by atoms with Gasteiger partial charge in [0.1, 0.15) is 0 Å². The monoisotopic (exact) mass is 224 g/mol. The van der Waals surface area contributed by atoms with Gasteiger partial charge < -0.3 is 5.11 Å². The zero-order chi connectivity index (χ0) is 11.3. The van der Waals surface area contributed by atoms with Crippen LogP contribution in [0.5, 0.6) is 0 Å². The van der Waals surface area contributed by atoms with Crippen LogP contribution in [0.25, 0.3) is 0 Å². The number of nitrogens with one attached hydrogen (secondary N) is 1.